The third-order valence-corrected chi connectivity index (χ3v) is 4.29. The van der Waals surface area contributed by atoms with E-state index in [1.165, 1.54) is 25.7 Å². The number of aromatic nitrogens is 3. The lowest BCUT2D eigenvalue weighted by Crippen LogP contribution is -2.26. The lowest BCUT2D eigenvalue weighted by molar-refractivity contribution is 0.568. The summed E-state index contributed by atoms with van der Waals surface area (Å²) in [5, 5.41) is 0.312. The van der Waals surface area contributed by atoms with Gasteiger partial charge in [-0.3, -0.25) is 0 Å². The molecule has 0 radical (unpaired) electrons. The van der Waals surface area contributed by atoms with E-state index >= 15 is 0 Å². The average molecular weight is 282 g/mol. The third kappa shape index (κ3) is 2.76. The van der Waals surface area contributed by atoms with Gasteiger partial charge in [-0.2, -0.15) is 15.0 Å². The molecule has 0 aromatic carbocycles. The number of rotatable bonds is 3. The van der Waals surface area contributed by atoms with Crippen LogP contribution in [0, 0.1) is 5.92 Å². The Morgan fingerprint density at radius 3 is 2.37 bits per heavy atom. The van der Waals surface area contributed by atoms with E-state index in [9.17, 15) is 0 Å². The van der Waals surface area contributed by atoms with Crippen LogP contribution >= 0.6 is 11.6 Å². The fraction of sp³-hybridized carbons (Fsp3) is 0.769. The predicted octanol–water partition coefficient (Wildman–Crippen LogP) is 2.36. The maximum atomic E-state index is 6.06. The molecule has 6 heteroatoms. The zero-order valence-corrected chi connectivity index (χ0v) is 12.1. The summed E-state index contributed by atoms with van der Waals surface area (Å²) >= 11 is 6.06. The van der Waals surface area contributed by atoms with Crippen molar-refractivity contribution in [3.63, 3.8) is 0 Å². The number of hydrogen-bond acceptors (Lipinski definition) is 5. The van der Waals surface area contributed by atoms with Crippen molar-refractivity contribution in [3.05, 3.63) is 5.28 Å². The van der Waals surface area contributed by atoms with E-state index in [-0.39, 0.29) is 0 Å². The third-order valence-electron chi connectivity index (χ3n) is 4.12. The smallest absolute Gasteiger partial charge is 0.231 e. The lowest BCUT2D eigenvalue weighted by Gasteiger charge is -2.20. The Morgan fingerprint density at radius 2 is 1.74 bits per heavy atom. The van der Waals surface area contributed by atoms with Crippen molar-refractivity contribution in [1.82, 2.24) is 15.0 Å². The normalized spacial score (nSPS) is 23.4. The summed E-state index contributed by atoms with van der Waals surface area (Å²) in [4.78, 5) is 17.6. The molecule has 19 heavy (non-hydrogen) atoms. The van der Waals surface area contributed by atoms with Crippen molar-refractivity contribution in [2.45, 2.75) is 32.6 Å². The first kappa shape index (κ1) is 12.9. The molecule has 0 aliphatic carbocycles. The molecule has 2 aliphatic heterocycles. The monoisotopic (exact) mass is 281 g/mol. The highest BCUT2D eigenvalue weighted by molar-refractivity contribution is 6.28. The lowest BCUT2D eigenvalue weighted by atomic mass is 10.1. The molecule has 2 aliphatic rings. The van der Waals surface area contributed by atoms with E-state index in [0.717, 1.165) is 44.0 Å². The van der Waals surface area contributed by atoms with Gasteiger partial charge in [-0.05, 0) is 36.8 Å². The van der Waals surface area contributed by atoms with E-state index in [0.29, 0.717) is 5.28 Å². The minimum absolute atomic E-state index is 0.312. The van der Waals surface area contributed by atoms with Gasteiger partial charge in [0.2, 0.25) is 17.2 Å². The predicted molar refractivity (Wildman–Crippen MR) is 76.9 cm³/mol. The van der Waals surface area contributed by atoms with E-state index in [1.54, 1.807) is 0 Å². The van der Waals surface area contributed by atoms with E-state index in [4.69, 9.17) is 11.6 Å². The number of anilines is 2. The fourth-order valence-corrected chi connectivity index (χ4v) is 3.03. The summed E-state index contributed by atoms with van der Waals surface area (Å²) in [5.41, 5.74) is 0. The van der Waals surface area contributed by atoms with E-state index in [1.807, 2.05) is 0 Å². The molecular weight excluding hydrogens is 262 g/mol. The molecule has 3 rings (SSSR count). The highest BCUT2D eigenvalue weighted by atomic mass is 35.5. The SMILES string of the molecule is CCC1CCN(c2nc(Cl)nc(N3CCCC3)n2)C1. The molecule has 1 unspecified atom stereocenters. The standard InChI is InChI=1S/C13H20ClN5/c1-2-10-5-8-19(9-10)13-16-11(14)15-12(17-13)18-6-3-4-7-18/h10H,2-9H2,1H3. The van der Waals surface area contributed by atoms with Gasteiger partial charge in [0.15, 0.2) is 0 Å². The summed E-state index contributed by atoms with van der Waals surface area (Å²) in [6.07, 6.45) is 4.85. The zero-order chi connectivity index (χ0) is 13.2. The molecule has 0 saturated carbocycles. The van der Waals surface area contributed by atoms with Crippen LogP contribution in [0.4, 0.5) is 11.9 Å². The maximum Gasteiger partial charge on any atom is 0.231 e. The average Bonchev–Trinajstić information content (AvgIpc) is 3.09. The molecule has 1 atom stereocenters. The minimum atomic E-state index is 0.312. The fourth-order valence-electron chi connectivity index (χ4n) is 2.88. The summed E-state index contributed by atoms with van der Waals surface area (Å²) in [6.45, 7) is 6.35. The Kier molecular flexibility index (Phi) is 3.73. The van der Waals surface area contributed by atoms with Crippen molar-refractivity contribution in [3.8, 4) is 0 Å². The summed E-state index contributed by atoms with van der Waals surface area (Å²) in [7, 11) is 0. The zero-order valence-electron chi connectivity index (χ0n) is 11.3. The van der Waals surface area contributed by atoms with Gasteiger partial charge in [-0.15, -0.1) is 0 Å². The molecule has 0 spiro atoms. The maximum absolute atomic E-state index is 6.06. The molecule has 1 aromatic heterocycles. The molecule has 2 fully saturated rings. The first-order chi connectivity index (χ1) is 9.26. The highest BCUT2D eigenvalue weighted by Gasteiger charge is 2.25. The first-order valence-corrected chi connectivity index (χ1v) is 7.55. The van der Waals surface area contributed by atoms with Gasteiger partial charge in [-0.25, -0.2) is 0 Å². The molecule has 0 N–H and O–H groups in total. The van der Waals surface area contributed by atoms with Crippen molar-refractivity contribution in [2.24, 2.45) is 5.92 Å². The van der Waals surface area contributed by atoms with Crippen LogP contribution in [-0.4, -0.2) is 41.1 Å². The number of nitrogens with zero attached hydrogens (tertiary/aromatic N) is 5. The summed E-state index contributed by atoms with van der Waals surface area (Å²) in [5.74, 6) is 2.25. The van der Waals surface area contributed by atoms with Crippen LogP contribution in [-0.2, 0) is 0 Å². The van der Waals surface area contributed by atoms with Gasteiger partial charge >= 0.3 is 0 Å². The van der Waals surface area contributed by atoms with Crippen molar-refractivity contribution in [2.75, 3.05) is 36.0 Å². The van der Waals surface area contributed by atoms with Gasteiger partial charge < -0.3 is 9.80 Å². The van der Waals surface area contributed by atoms with Crippen molar-refractivity contribution in [1.29, 1.82) is 0 Å². The van der Waals surface area contributed by atoms with Crippen LogP contribution in [0.1, 0.15) is 32.6 Å². The minimum Gasteiger partial charge on any atom is -0.341 e. The van der Waals surface area contributed by atoms with Crippen LogP contribution in [0.5, 0.6) is 0 Å². The van der Waals surface area contributed by atoms with Gasteiger partial charge in [-0.1, -0.05) is 13.3 Å². The molecule has 3 heterocycles. The largest absolute Gasteiger partial charge is 0.341 e. The van der Waals surface area contributed by atoms with Crippen LogP contribution in [0.25, 0.3) is 0 Å². The quantitative estimate of drug-likeness (QED) is 0.851. The second-order valence-corrected chi connectivity index (χ2v) is 5.75. The van der Waals surface area contributed by atoms with Crippen molar-refractivity contribution >= 4 is 23.5 Å². The number of halogens is 1. The molecular formula is C13H20ClN5. The van der Waals surface area contributed by atoms with Crippen LogP contribution in [0.3, 0.4) is 0 Å². The van der Waals surface area contributed by atoms with Crippen LogP contribution in [0.15, 0.2) is 0 Å². The Morgan fingerprint density at radius 1 is 1.05 bits per heavy atom. The summed E-state index contributed by atoms with van der Waals surface area (Å²) < 4.78 is 0. The molecule has 0 bridgehead atoms. The Bertz CT molecular complexity index is 447. The van der Waals surface area contributed by atoms with Gasteiger partial charge in [0.25, 0.3) is 0 Å². The Labute approximate surface area is 119 Å². The van der Waals surface area contributed by atoms with Gasteiger partial charge in [0.05, 0.1) is 0 Å². The highest BCUT2D eigenvalue weighted by Crippen LogP contribution is 2.25. The molecule has 0 amide bonds. The Hall–Kier alpha value is -1.10. The number of hydrogen-bond donors (Lipinski definition) is 0. The van der Waals surface area contributed by atoms with Crippen molar-refractivity contribution < 1.29 is 0 Å². The van der Waals surface area contributed by atoms with Gasteiger partial charge in [0, 0.05) is 26.2 Å². The second-order valence-electron chi connectivity index (χ2n) is 5.41. The molecule has 1 aromatic rings. The Balaban J connectivity index is 1.81. The topological polar surface area (TPSA) is 45.2 Å². The van der Waals surface area contributed by atoms with Crippen LogP contribution < -0.4 is 9.80 Å². The van der Waals surface area contributed by atoms with E-state index in [2.05, 4.69) is 31.7 Å². The first-order valence-electron chi connectivity index (χ1n) is 7.17. The second kappa shape index (κ2) is 5.49. The van der Waals surface area contributed by atoms with E-state index < -0.39 is 0 Å². The molecule has 104 valence electrons. The van der Waals surface area contributed by atoms with Gasteiger partial charge in [0.1, 0.15) is 0 Å². The van der Waals surface area contributed by atoms with Crippen LogP contribution in [0.2, 0.25) is 5.28 Å². The summed E-state index contributed by atoms with van der Waals surface area (Å²) in [6, 6.07) is 0. The molecule has 2 saturated heterocycles. The molecule has 5 nitrogen and oxygen atoms in total.